The molecule has 3 nitrogen and oxygen atoms in total. The molecule has 0 aliphatic rings. The lowest BCUT2D eigenvalue weighted by atomic mass is 10.1. The Hall–Kier alpha value is -0.560. The highest BCUT2D eigenvalue weighted by Crippen LogP contribution is 2.28. The fraction of sp³-hybridized carbons (Fsp3) is 0.400. The predicted octanol–water partition coefficient (Wildman–Crippen LogP) is 3.39. The summed E-state index contributed by atoms with van der Waals surface area (Å²) in [6, 6.07) is 1.47. The number of methoxy groups -OCH3 is 1. The topological polar surface area (TPSA) is 39.2 Å². The van der Waals surface area contributed by atoms with E-state index in [1.807, 2.05) is 0 Å². The van der Waals surface area contributed by atoms with Gasteiger partial charge in [-0.25, -0.2) is 13.8 Å². The van der Waals surface area contributed by atoms with Gasteiger partial charge in [-0.15, -0.1) is 0 Å². The second-order valence-electron chi connectivity index (χ2n) is 3.15. The van der Waals surface area contributed by atoms with Crippen LogP contribution in [0.2, 0.25) is 0 Å². The highest BCUT2D eigenvalue weighted by molar-refractivity contribution is 9.10. The summed E-state index contributed by atoms with van der Waals surface area (Å²) >= 11 is 6.17. The first-order valence-corrected chi connectivity index (χ1v) is 6.50. The van der Waals surface area contributed by atoms with Gasteiger partial charge in [0.05, 0.1) is 19.2 Å². The molecule has 1 heterocycles. The molecule has 0 atom stereocenters. The zero-order valence-electron chi connectivity index (χ0n) is 8.84. The molecule has 1 rings (SSSR count). The molecule has 7 heteroatoms. The predicted molar refractivity (Wildman–Crippen MR) is 65.2 cm³/mol. The Morgan fingerprint density at radius 3 is 2.71 bits per heavy atom. The minimum Gasteiger partial charge on any atom is -0.469 e. The van der Waals surface area contributed by atoms with Crippen molar-refractivity contribution in [3.63, 3.8) is 0 Å². The Morgan fingerprint density at radius 1 is 1.59 bits per heavy atom. The highest BCUT2D eigenvalue weighted by atomic mass is 79.9. The molecular formula is C10H9Br2F2NO2. The van der Waals surface area contributed by atoms with E-state index in [1.165, 1.54) is 13.2 Å². The van der Waals surface area contributed by atoms with Crippen LogP contribution in [0.1, 0.15) is 23.4 Å². The van der Waals surface area contributed by atoms with Crippen LogP contribution in [0, 0.1) is 0 Å². The van der Waals surface area contributed by atoms with Crippen molar-refractivity contribution < 1.29 is 18.3 Å². The molecule has 0 saturated carbocycles. The van der Waals surface area contributed by atoms with Gasteiger partial charge < -0.3 is 4.74 Å². The quantitative estimate of drug-likeness (QED) is 0.600. The summed E-state index contributed by atoms with van der Waals surface area (Å²) in [7, 11) is 1.27. The third-order valence-electron chi connectivity index (χ3n) is 2.07. The second kappa shape index (κ2) is 6.39. The highest BCUT2D eigenvalue weighted by Gasteiger charge is 2.18. The molecule has 0 amide bonds. The Bertz CT molecular complexity index is 427. The van der Waals surface area contributed by atoms with E-state index in [9.17, 15) is 13.6 Å². The Balaban J connectivity index is 3.14. The van der Waals surface area contributed by atoms with E-state index in [-0.39, 0.29) is 16.6 Å². The number of hydrogen-bond donors (Lipinski definition) is 0. The molecule has 0 aliphatic carbocycles. The van der Waals surface area contributed by atoms with Crippen molar-refractivity contribution in [3.8, 4) is 0 Å². The lowest BCUT2D eigenvalue weighted by Gasteiger charge is -2.10. The molecule has 0 unspecified atom stereocenters. The van der Waals surface area contributed by atoms with Gasteiger partial charge in [0.1, 0.15) is 5.69 Å². The molecule has 0 bridgehead atoms. The van der Waals surface area contributed by atoms with E-state index >= 15 is 0 Å². The molecule has 0 radical (unpaired) electrons. The van der Waals surface area contributed by atoms with Gasteiger partial charge in [-0.2, -0.15) is 0 Å². The van der Waals surface area contributed by atoms with Gasteiger partial charge >= 0.3 is 5.97 Å². The summed E-state index contributed by atoms with van der Waals surface area (Å²) in [6.07, 6.45) is -2.65. The summed E-state index contributed by atoms with van der Waals surface area (Å²) in [5.74, 6) is -0.439. The van der Waals surface area contributed by atoms with E-state index in [1.54, 1.807) is 0 Å². The number of ether oxygens (including phenoxy) is 1. The van der Waals surface area contributed by atoms with Gasteiger partial charge in [0.2, 0.25) is 0 Å². The minimum atomic E-state index is -2.66. The number of hydrogen-bond acceptors (Lipinski definition) is 3. The smallest absolute Gasteiger partial charge is 0.310 e. The van der Waals surface area contributed by atoms with Crippen LogP contribution >= 0.6 is 31.9 Å². The van der Waals surface area contributed by atoms with Crippen molar-refractivity contribution in [2.24, 2.45) is 0 Å². The molecule has 0 aromatic carbocycles. The minimum absolute atomic E-state index is 0.00650. The van der Waals surface area contributed by atoms with Crippen molar-refractivity contribution in [3.05, 3.63) is 27.5 Å². The third-order valence-corrected chi connectivity index (χ3v) is 3.23. The first-order valence-electron chi connectivity index (χ1n) is 4.58. The number of aromatic nitrogens is 1. The average Bonchev–Trinajstić information content (AvgIpc) is 2.28. The van der Waals surface area contributed by atoms with E-state index in [2.05, 4.69) is 41.6 Å². The second-order valence-corrected chi connectivity index (χ2v) is 4.56. The molecule has 94 valence electrons. The number of rotatable bonds is 4. The molecule has 0 aliphatic heterocycles. The average molecular weight is 373 g/mol. The van der Waals surface area contributed by atoms with Gasteiger partial charge in [-0.1, -0.05) is 15.9 Å². The van der Waals surface area contributed by atoms with E-state index < -0.39 is 12.4 Å². The third kappa shape index (κ3) is 3.70. The van der Waals surface area contributed by atoms with Gasteiger partial charge in [-0.05, 0) is 27.6 Å². The van der Waals surface area contributed by atoms with E-state index in [0.29, 0.717) is 16.6 Å². The first kappa shape index (κ1) is 14.5. The number of pyridine rings is 1. The van der Waals surface area contributed by atoms with Crippen LogP contribution in [0.5, 0.6) is 0 Å². The number of halogens is 4. The van der Waals surface area contributed by atoms with E-state index in [4.69, 9.17) is 0 Å². The summed E-state index contributed by atoms with van der Waals surface area (Å²) in [6.45, 7) is 0. The van der Waals surface area contributed by atoms with Crippen LogP contribution in [0.4, 0.5) is 8.78 Å². The lowest BCUT2D eigenvalue weighted by molar-refractivity contribution is -0.139. The van der Waals surface area contributed by atoms with Gasteiger partial charge in [0.15, 0.2) is 0 Å². The number of carbonyl (C=O) groups excluding carboxylic acids is 1. The fourth-order valence-corrected chi connectivity index (χ4v) is 2.25. The van der Waals surface area contributed by atoms with Crippen molar-refractivity contribution in [2.45, 2.75) is 18.2 Å². The number of alkyl halides is 3. The molecule has 1 aromatic rings. The maximum Gasteiger partial charge on any atom is 0.310 e. The zero-order chi connectivity index (χ0) is 13.0. The summed E-state index contributed by atoms with van der Waals surface area (Å²) < 4.78 is 29.9. The fourth-order valence-electron chi connectivity index (χ4n) is 1.23. The zero-order valence-corrected chi connectivity index (χ0v) is 12.0. The Labute approximate surface area is 114 Å². The lowest BCUT2D eigenvalue weighted by Crippen LogP contribution is -2.09. The Kier molecular flexibility index (Phi) is 5.45. The number of nitrogens with zero attached hydrogens (tertiary/aromatic N) is 1. The molecule has 0 fully saturated rings. The van der Waals surface area contributed by atoms with Crippen LogP contribution in [0.15, 0.2) is 10.5 Å². The standard InChI is InChI=1S/C10H9Br2F2NO2/c1-17-8(16)3-5-2-6(12)9(10(13)14)15-7(5)4-11/h2,10H,3-4H2,1H3. The molecule has 17 heavy (non-hydrogen) atoms. The maximum absolute atomic E-state index is 12.6. The largest absolute Gasteiger partial charge is 0.469 e. The van der Waals surface area contributed by atoms with Crippen LogP contribution in [0.3, 0.4) is 0 Å². The van der Waals surface area contributed by atoms with Crippen molar-refractivity contribution in [1.82, 2.24) is 4.98 Å². The van der Waals surface area contributed by atoms with Crippen LogP contribution in [-0.2, 0) is 21.3 Å². The summed E-state index contributed by atoms with van der Waals surface area (Å²) in [5, 5.41) is 0.298. The normalized spacial score (nSPS) is 10.7. The molecule has 0 saturated heterocycles. The van der Waals surface area contributed by atoms with Crippen LogP contribution < -0.4 is 0 Å². The molecular weight excluding hydrogens is 364 g/mol. The van der Waals surface area contributed by atoms with Crippen molar-refractivity contribution in [2.75, 3.05) is 7.11 Å². The Morgan fingerprint density at radius 2 is 2.24 bits per heavy atom. The van der Waals surface area contributed by atoms with Gasteiger partial charge in [0, 0.05) is 9.80 Å². The molecule has 1 aromatic heterocycles. The van der Waals surface area contributed by atoms with Crippen molar-refractivity contribution in [1.29, 1.82) is 0 Å². The van der Waals surface area contributed by atoms with Crippen LogP contribution in [-0.4, -0.2) is 18.1 Å². The maximum atomic E-state index is 12.6. The first-order chi connectivity index (χ1) is 7.99. The SMILES string of the molecule is COC(=O)Cc1cc(Br)c(C(F)F)nc1CBr. The molecule has 0 spiro atoms. The van der Waals surface area contributed by atoms with Gasteiger partial charge in [-0.3, -0.25) is 4.79 Å². The number of esters is 1. The van der Waals surface area contributed by atoms with Gasteiger partial charge in [0.25, 0.3) is 6.43 Å². The summed E-state index contributed by atoms with van der Waals surface area (Å²) in [5.41, 5.74) is 0.645. The van der Waals surface area contributed by atoms with E-state index in [0.717, 1.165) is 0 Å². The summed E-state index contributed by atoms with van der Waals surface area (Å²) in [4.78, 5) is 15.0. The van der Waals surface area contributed by atoms with Crippen molar-refractivity contribution >= 4 is 37.8 Å². The van der Waals surface area contributed by atoms with Crippen LogP contribution in [0.25, 0.3) is 0 Å². The molecule has 0 N–H and O–H groups in total. The monoisotopic (exact) mass is 371 g/mol. The number of carbonyl (C=O) groups is 1.